The third-order valence-electron chi connectivity index (χ3n) is 2.46. The Morgan fingerprint density at radius 1 is 1.18 bits per heavy atom. The maximum atomic E-state index is 2.42. The van der Waals surface area contributed by atoms with E-state index in [-0.39, 0.29) is 0 Å². The molecule has 1 atom stereocenters. The zero-order valence-electron chi connectivity index (χ0n) is 6.79. The van der Waals surface area contributed by atoms with E-state index in [1.807, 2.05) is 0 Å². The first-order chi connectivity index (χ1) is 5.45. The zero-order valence-corrected chi connectivity index (χ0v) is 6.79. The third-order valence-corrected chi connectivity index (χ3v) is 2.46. The molecular formula is C11H14. The van der Waals surface area contributed by atoms with E-state index in [1.54, 1.807) is 0 Å². The fourth-order valence-electron chi connectivity index (χ4n) is 1.83. The van der Waals surface area contributed by atoms with E-state index in [4.69, 9.17) is 0 Å². The number of rotatable bonds is 0. The van der Waals surface area contributed by atoms with Gasteiger partial charge in [-0.25, -0.2) is 0 Å². The summed E-state index contributed by atoms with van der Waals surface area (Å²) in [7, 11) is 0. The van der Waals surface area contributed by atoms with Crippen LogP contribution >= 0.6 is 0 Å². The Morgan fingerprint density at radius 2 is 2.18 bits per heavy atom. The minimum absolute atomic E-state index is 0.725. The van der Waals surface area contributed by atoms with Gasteiger partial charge in [-0.05, 0) is 25.2 Å². The summed E-state index contributed by atoms with van der Waals surface area (Å²) in [6, 6.07) is 0. The molecular weight excluding hydrogens is 132 g/mol. The predicted octanol–water partition coefficient (Wildman–Crippen LogP) is 3.23. The largest absolute Gasteiger partial charge is 0.0776 e. The second-order valence-corrected chi connectivity index (χ2v) is 3.40. The van der Waals surface area contributed by atoms with Crippen molar-refractivity contribution >= 4 is 0 Å². The van der Waals surface area contributed by atoms with Gasteiger partial charge in [0.05, 0.1) is 0 Å². The smallest absolute Gasteiger partial charge is 0.00446 e. The first kappa shape index (κ1) is 6.90. The summed E-state index contributed by atoms with van der Waals surface area (Å²) in [4.78, 5) is 0. The minimum atomic E-state index is 0.725. The maximum Gasteiger partial charge on any atom is -0.00446 e. The molecule has 0 saturated carbocycles. The summed E-state index contributed by atoms with van der Waals surface area (Å²) in [6.45, 7) is 0. The van der Waals surface area contributed by atoms with Gasteiger partial charge in [0.1, 0.15) is 0 Å². The summed E-state index contributed by atoms with van der Waals surface area (Å²) in [6.07, 6.45) is 16.7. The quantitative estimate of drug-likeness (QED) is 0.492. The lowest BCUT2D eigenvalue weighted by Crippen LogP contribution is -1.88. The average Bonchev–Trinajstić information content (AvgIpc) is 2.36. The Hall–Kier alpha value is -0.780. The third kappa shape index (κ3) is 1.62. The van der Waals surface area contributed by atoms with Crippen molar-refractivity contribution in [2.24, 2.45) is 5.92 Å². The molecule has 2 aliphatic carbocycles. The van der Waals surface area contributed by atoms with Crippen molar-refractivity contribution in [1.82, 2.24) is 0 Å². The molecule has 0 spiro atoms. The normalized spacial score (nSPS) is 29.1. The van der Waals surface area contributed by atoms with Crippen LogP contribution in [0.2, 0.25) is 0 Å². The molecule has 0 aliphatic heterocycles. The van der Waals surface area contributed by atoms with Crippen LogP contribution in [0, 0.1) is 5.92 Å². The lowest BCUT2D eigenvalue weighted by atomic mass is 10.0. The van der Waals surface area contributed by atoms with Crippen LogP contribution in [0.1, 0.15) is 25.7 Å². The SMILES string of the molecule is C1=CC2=CC(C=C1)CCCC2. The van der Waals surface area contributed by atoms with E-state index in [9.17, 15) is 0 Å². The van der Waals surface area contributed by atoms with Crippen molar-refractivity contribution in [2.75, 3.05) is 0 Å². The Kier molecular flexibility index (Phi) is 1.93. The monoisotopic (exact) mass is 146 g/mol. The van der Waals surface area contributed by atoms with Gasteiger partial charge in [-0.15, -0.1) is 0 Å². The zero-order chi connectivity index (χ0) is 7.52. The standard InChI is InChI=1S/C11H14/c1-2-6-11-8-4-3-7-10(5-1)9-11/h1-2,5-6,9-10H,3-4,7-8H2. The van der Waals surface area contributed by atoms with Gasteiger partial charge in [-0.1, -0.05) is 42.4 Å². The molecule has 2 aliphatic rings. The van der Waals surface area contributed by atoms with Crippen molar-refractivity contribution in [1.29, 1.82) is 0 Å². The van der Waals surface area contributed by atoms with Crippen molar-refractivity contribution in [3.63, 3.8) is 0 Å². The highest BCUT2D eigenvalue weighted by Gasteiger charge is 2.08. The van der Waals surface area contributed by atoms with E-state index in [0.29, 0.717) is 0 Å². The van der Waals surface area contributed by atoms with Gasteiger partial charge in [0, 0.05) is 0 Å². The first-order valence-corrected chi connectivity index (χ1v) is 4.51. The highest BCUT2D eigenvalue weighted by Crippen LogP contribution is 2.25. The van der Waals surface area contributed by atoms with E-state index in [1.165, 1.54) is 31.3 Å². The highest BCUT2D eigenvalue weighted by molar-refractivity contribution is 5.28. The lowest BCUT2D eigenvalue weighted by Gasteiger charge is -2.01. The lowest BCUT2D eigenvalue weighted by molar-refractivity contribution is 0.644. The Morgan fingerprint density at radius 3 is 3.18 bits per heavy atom. The van der Waals surface area contributed by atoms with E-state index in [0.717, 1.165) is 5.92 Å². The van der Waals surface area contributed by atoms with Gasteiger partial charge < -0.3 is 0 Å². The predicted molar refractivity (Wildman–Crippen MR) is 48.3 cm³/mol. The molecule has 58 valence electrons. The van der Waals surface area contributed by atoms with Gasteiger partial charge in [0.25, 0.3) is 0 Å². The molecule has 0 saturated heterocycles. The second-order valence-electron chi connectivity index (χ2n) is 3.40. The molecule has 1 unspecified atom stereocenters. The Balaban J connectivity index is 2.23. The number of fused-ring (bicyclic) bond motifs is 1. The summed E-state index contributed by atoms with van der Waals surface area (Å²) >= 11 is 0. The molecule has 0 heterocycles. The summed E-state index contributed by atoms with van der Waals surface area (Å²) in [5.41, 5.74) is 1.54. The molecule has 0 heteroatoms. The first-order valence-electron chi connectivity index (χ1n) is 4.51. The van der Waals surface area contributed by atoms with Gasteiger partial charge in [-0.2, -0.15) is 0 Å². The molecule has 0 aromatic carbocycles. The molecule has 0 aromatic heterocycles. The number of hydrogen-bond donors (Lipinski definition) is 0. The molecule has 2 bridgehead atoms. The molecule has 0 N–H and O–H groups in total. The summed E-state index contributed by atoms with van der Waals surface area (Å²) in [5.74, 6) is 0.725. The topological polar surface area (TPSA) is 0 Å². The van der Waals surface area contributed by atoms with E-state index < -0.39 is 0 Å². The molecule has 2 rings (SSSR count). The van der Waals surface area contributed by atoms with Crippen LogP contribution < -0.4 is 0 Å². The minimum Gasteiger partial charge on any atom is -0.0776 e. The van der Waals surface area contributed by atoms with Crippen LogP contribution in [0.5, 0.6) is 0 Å². The molecule has 0 amide bonds. The van der Waals surface area contributed by atoms with Gasteiger partial charge in [0.2, 0.25) is 0 Å². The van der Waals surface area contributed by atoms with Crippen LogP contribution in [0.25, 0.3) is 0 Å². The van der Waals surface area contributed by atoms with Gasteiger partial charge >= 0.3 is 0 Å². The van der Waals surface area contributed by atoms with Crippen LogP contribution in [0.4, 0.5) is 0 Å². The fraction of sp³-hybridized carbons (Fsp3) is 0.455. The van der Waals surface area contributed by atoms with Crippen molar-refractivity contribution in [2.45, 2.75) is 25.7 Å². The van der Waals surface area contributed by atoms with E-state index in [2.05, 4.69) is 30.4 Å². The maximum absolute atomic E-state index is 2.42. The molecule has 0 aromatic rings. The molecule has 0 nitrogen and oxygen atoms in total. The fourth-order valence-corrected chi connectivity index (χ4v) is 1.83. The molecule has 0 fully saturated rings. The number of allylic oxidation sites excluding steroid dienone is 6. The Bertz CT molecular complexity index is 218. The van der Waals surface area contributed by atoms with Gasteiger partial charge in [-0.3, -0.25) is 0 Å². The van der Waals surface area contributed by atoms with Crippen LogP contribution in [-0.4, -0.2) is 0 Å². The van der Waals surface area contributed by atoms with Crippen LogP contribution in [0.3, 0.4) is 0 Å². The van der Waals surface area contributed by atoms with Crippen molar-refractivity contribution in [3.8, 4) is 0 Å². The molecule has 11 heavy (non-hydrogen) atoms. The summed E-state index contributed by atoms with van der Waals surface area (Å²) in [5, 5.41) is 0. The van der Waals surface area contributed by atoms with E-state index >= 15 is 0 Å². The molecule has 0 radical (unpaired) electrons. The van der Waals surface area contributed by atoms with Crippen LogP contribution in [0.15, 0.2) is 36.0 Å². The average molecular weight is 146 g/mol. The Labute approximate surface area is 68.3 Å². The van der Waals surface area contributed by atoms with Gasteiger partial charge in [0.15, 0.2) is 0 Å². The van der Waals surface area contributed by atoms with Crippen molar-refractivity contribution in [3.05, 3.63) is 36.0 Å². The number of hydrogen-bond acceptors (Lipinski definition) is 0. The summed E-state index contributed by atoms with van der Waals surface area (Å²) < 4.78 is 0. The highest BCUT2D eigenvalue weighted by atomic mass is 14.1. The second kappa shape index (κ2) is 3.08. The van der Waals surface area contributed by atoms with Crippen LogP contribution in [-0.2, 0) is 0 Å². The van der Waals surface area contributed by atoms with Crippen molar-refractivity contribution < 1.29 is 0 Å².